The van der Waals surface area contributed by atoms with Crippen LogP contribution in [0.5, 0.6) is 5.75 Å². The number of H-pyrrole nitrogens is 1. The first-order valence-corrected chi connectivity index (χ1v) is 15.1. The number of Topliss-reactive ketones (excluding diaryl/α,β-unsaturated/α-hetero) is 1. The fourth-order valence-corrected chi connectivity index (χ4v) is 6.25. The maximum absolute atomic E-state index is 13.7. The van der Waals surface area contributed by atoms with Crippen molar-refractivity contribution in [1.82, 2.24) is 14.3 Å². The van der Waals surface area contributed by atoms with E-state index in [2.05, 4.69) is 20.2 Å². The molecule has 3 aromatic rings. The fraction of sp³-hybridized carbons (Fsp3) is 0.379. The molecule has 1 aliphatic rings. The maximum atomic E-state index is 13.7. The molecule has 1 fully saturated rings. The van der Waals surface area contributed by atoms with E-state index in [0.29, 0.717) is 49.4 Å². The van der Waals surface area contributed by atoms with Crippen molar-refractivity contribution < 1.29 is 17.9 Å². The molecule has 1 aromatic heterocycles. The minimum absolute atomic E-state index is 0.00474. The first-order chi connectivity index (χ1) is 19.6. The highest BCUT2D eigenvalue weighted by Crippen LogP contribution is 2.32. The summed E-state index contributed by atoms with van der Waals surface area (Å²) >= 11 is 0. The molecule has 2 aromatic carbocycles. The van der Waals surface area contributed by atoms with Crippen LogP contribution in [-0.2, 0) is 10.0 Å². The summed E-state index contributed by atoms with van der Waals surface area (Å²) in [6, 6.07) is 11.8. The molecule has 0 aliphatic carbocycles. The Morgan fingerprint density at radius 2 is 1.78 bits per heavy atom. The SMILES string of the molecule is CCCC(=N)c1nc(-c2cc(S(=O)(=O)N3CCN(c4ccc(C(C)=O)cc4)CC3)ccc2OCC)[nH]c(=O)c1NC. The van der Waals surface area contributed by atoms with Gasteiger partial charge in [-0.15, -0.1) is 0 Å². The molecule has 0 spiro atoms. The van der Waals surface area contributed by atoms with Crippen LogP contribution in [0.2, 0.25) is 0 Å². The molecule has 0 atom stereocenters. The Bertz CT molecular complexity index is 1590. The molecule has 218 valence electrons. The number of carbonyl (C=O) groups is 1. The van der Waals surface area contributed by atoms with E-state index >= 15 is 0 Å². The van der Waals surface area contributed by atoms with E-state index in [9.17, 15) is 18.0 Å². The standard InChI is InChI=1S/C29H36N6O5S/c1-5-7-24(30)26-27(31-4)29(37)33-28(32-26)23-18-22(12-13-25(23)40-6-2)41(38,39)35-16-14-34(15-17-35)21-10-8-20(9-11-21)19(3)36/h8-13,18,30-31H,5-7,14-17H2,1-4H3,(H,32,33,37). The van der Waals surface area contributed by atoms with Crippen molar-refractivity contribution in [3.8, 4) is 17.1 Å². The largest absolute Gasteiger partial charge is 0.493 e. The van der Waals surface area contributed by atoms with Crippen molar-refractivity contribution in [2.75, 3.05) is 50.1 Å². The zero-order valence-electron chi connectivity index (χ0n) is 23.8. The van der Waals surface area contributed by atoms with E-state index in [1.165, 1.54) is 23.4 Å². The molecule has 3 N–H and O–H groups in total. The lowest BCUT2D eigenvalue weighted by atomic mass is 10.1. The highest BCUT2D eigenvalue weighted by atomic mass is 32.2. The normalized spacial score (nSPS) is 14.1. The van der Waals surface area contributed by atoms with Crippen LogP contribution in [0.1, 0.15) is 49.7 Å². The molecule has 4 rings (SSSR count). The van der Waals surface area contributed by atoms with Gasteiger partial charge in [0.05, 0.1) is 22.8 Å². The third-order valence-corrected chi connectivity index (χ3v) is 8.87. The Morgan fingerprint density at radius 1 is 1.10 bits per heavy atom. The van der Waals surface area contributed by atoms with Crippen molar-refractivity contribution in [3.63, 3.8) is 0 Å². The molecule has 0 amide bonds. The second-order valence-electron chi connectivity index (χ2n) is 9.70. The zero-order valence-corrected chi connectivity index (χ0v) is 24.6. The van der Waals surface area contributed by atoms with Crippen molar-refractivity contribution in [2.45, 2.75) is 38.5 Å². The smallest absolute Gasteiger partial charge is 0.275 e. The number of aromatic amines is 1. The highest BCUT2D eigenvalue weighted by Gasteiger charge is 2.30. The van der Waals surface area contributed by atoms with Crippen LogP contribution in [0, 0.1) is 5.41 Å². The molecule has 1 aliphatic heterocycles. The van der Waals surface area contributed by atoms with Gasteiger partial charge in [0.25, 0.3) is 5.56 Å². The van der Waals surface area contributed by atoms with Crippen molar-refractivity contribution >= 4 is 32.9 Å². The summed E-state index contributed by atoms with van der Waals surface area (Å²) in [4.78, 5) is 34.0. The van der Waals surface area contributed by atoms with Crippen LogP contribution < -0.4 is 20.5 Å². The van der Waals surface area contributed by atoms with Gasteiger partial charge in [-0.3, -0.25) is 9.59 Å². The van der Waals surface area contributed by atoms with Crippen LogP contribution in [0.15, 0.2) is 52.2 Å². The van der Waals surface area contributed by atoms with Crippen molar-refractivity contribution in [2.24, 2.45) is 0 Å². The number of carbonyl (C=O) groups excluding carboxylic acids is 1. The van der Waals surface area contributed by atoms with Gasteiger partial charge >= 0.3 is 0 Å². The molecule has 0 bridgehead atoms. The Kier molecular flexibility index (Phi) is 9.24. The lowest BCUT2D eigenvalue weighted by molar-refractivity contribution is 0.101. The van der Waals surface area contributed by atoms with Crippen molar-refractivity contribution in [3.05, 3.63) is 64.1 Å². The molecule has 2 heterocycles. The number of piperazine rings is 1. The fourth-order valence-electron chi connectivity index (χ4n) is 4.80. The number of aromatic nitrogens is 2. The third kappa shape index (κ3) is 6.33. The van der Waals surface area contributed by atoms with Gasteiger partial charge < -0.3 is 25.3 Å². The number of benzene rings is 2. The Morgan fingerprint density at radius 3 is 2.37 bits per heavy atom. The van der Waals surface area contributed by atoms with Crippen LogP contribution in [-0.4, -0.2) is 74.0 Å². The van der Waals surface area contributed by atoms with E-state index in [1.54, 1.807) is 25.2 Å². The van der Waals surface area contributed by atoms with Gasteiger partial charge in [-0.1, -0.05) is 13.3 Å². The zero-order chi connectivity index (χ0) is 29.7. The second kappa shape index (κ2) is 12.6. The van der Waals surface area contributed by atoms with Gasteiger partial charge in [-0.25, -0.2) is 13.4 Å². The van der Waals surface area contributed by atoms with Gasteiger partial charge in [-0.05, 0) is 62.7 Å². The van der Waals surface area contributed by atoms with Crippen LogP contribution >= 0.6 is 0 Å². The van der Waals surface area contributed by atoms with Gasteiger partial charge in [0.15, 0.2) is 5.78 Å². The van der Waals surface area contributed by atoms with E-state index in [-0.39, 0.29) is 46.7 Å². The Hall–Kier alpha value is -4.03. The summed E-state index contributed by atoms with van der Waals surface area (Å²) in [6.07, 6.45) is 1.14. The average Bonchev–Trinajstić information content (AvgIpc) is 2.97. The molecular weight excluding hydrogens is 544 g/mol. The lowest BCUT2D eigenvalue weighted by Gasteiger charge is -2.35. The van der Waals surface area contributed by atoms with Crippen LogP contribution in [0.3, 0.4) is 0 Å². The number of hydrogen-bond donors (Lipinski definition) is 3. The summed E-state index contributed by atoms with van der Waals surface area (Å²) in [6.45, 7) is 7.14. The van der Waals surface area contributed by atoms with E-state index in [1.807, 2.05) is 26.0 Å². The van der Waals surface area contributed by atoms with E-state index < -0.39 is 15.6 Å². The number of sulfonamides is 1. The molecule has 0 radical (unpaired) electrons. The van der Waals surface area contributed by atoms with E-state index in [4.69, 9.17) is 10.1 Å². The predicted octanol–water partition coefficient (Wildman–Crippen LogP) is 3.76. The maximum Gasteiger partial charge on any atom is 0.275 e. The van der Waals surface area contributed by atoms with Crippen LogP contribution in [0.4, 0.5) is 11.4 Å². The minimum Gasteiger partial charge on any atom is -0.493 e. The number of rotatable bonds is 11. The van der Waals surface area contributed by atoms with Gasteiger partial charge in [-0.2, -0.15) is 4.31 Å². The summed E-state index contributed by atoms with van der Waals surface area (Å²) in [5.74, 6) is 0.498. The molecule has 0 saturated carbocycles. The lowest BCUT2D eigenvalue weighted by Crippen LogP contribution is -2.48. The minimum atomic E-state index is -3.87. The number of hydrogen-bond acceptors (Lipinski definition) is 9. The number of nitrogens with one attached hydrogen (secondary N) is 3. The van der Waals surface area contributed by atoms with Crippen molar-refractivity contribution in [1.29, 1.82) is 5.41 Å². The number of ketones is 1. The number of nitrogens with zero attached hydrogens (tertiary/aromatic N) is 3. The number of ether oxygens (including phenoxy) is 1. The molecule has 0 unspecified atom stereocenters. The molecule has 12 heteroatoms. The summed E-state index contributed by atoms with van der Waals surface area (Å²) in [7, 11) is -2.28. The molecule has 1 saturated heterocycles. The molecular formula is C29H36N6O5S. The Balaban J connectivity index is 1.65. The van der Waals surface area contributed by atoms with Gasteiger partial charge in [0, 0.05) is 44.5 Å². The van der Waals surface area contributed by atoms with Gasteiger partial charge in [0.2, 0.25) is 10.0 Å². The topological polar surface area (TPSA) is 149 Å². The summed E-state index contributed by atoms with van der Waals surface area (Å²) in [5, 5.41) is 11.3. The first-order valence-electron chi connectivity index (χ1n) is 13.6. The summed E-state index contributed by atoms with van der Waals surface area (Å²) < 4.78 is 34.7. The number of anilines is 2. The predicted molar refractivity (Wildman–Crippen MR) is 160 cm³/mol. The second-order valence-corrected chi connectivity index (χ2v) is 11.6. The van der Waals surface area contributed by atoms with E-state index in [0.717, 1.165) is 5.69 Å². The van der Waals surface area contributed by atoms with Gasteiger partial charge in [0.1, 0.15) is 23.0 Å². The average molecular weight is 581 g/mol. The first kappa shape index (κ1) is 29.9. The monoisotopic (exact) mass is 580 g/mol. The molecule has 41 heavy (non-hydrogen) atoms. The highest BCUT2D eigenvalue weighted by molar-refractivity contribution is 7.89. The Labute approximate surface area is 240 Å². The summed E-state index contributed by atoms with van der Waals surface area (Å²) in [5.41, 5.74) is 2.03. The van der Waals surface area contributed by atoms with Crippen LogP contribution in [0.25, 0.3) is 11.4 Å². The molecule has 11 nitrogen and oxygen atoms in total. The quantitative estimate of drug-likeness (QED) is 0.229. The third-order valence-electron chi connectivity index (χ3n) is 6.98.